The van der Waals surface area contributed by atoms with Crippen molar-refractivity contribution in [2.75, 3.05) is 38.1 Å². The van der Waals surface area contributed by atoms with E-state index >= 15 is 0 Å². The van der Waals surface area contributed by atoms with Gasteiger partial charge in [-0.3, -0.25) is 4.79 Å². The van der Waals surface area contributed by atoms with Crippen molar-refractivity contribution < 1.29 is 14.3 Å². The van der Waals surface area contributed by atoms with Crippen molar-refractivity contribution in [3.8, 4) is 0 Å². The van der Waals surface area contributed by atoms with Gasteiger partial charge in [-0.15, -0.1) is 0 Å². The molecular weight excluding hydrogens is 346 g/mol. The number of ether oxygens (including phenoxy) is 1. The van der Waals surface area contributed by atoms with Crippen molar-refractivity contribution in [1.29, 1.82) is 0 Å². The number of aromatic nitrogens is 2. The van der Waals surface area contributed by atoms with Crippen LogP contribution in [0, 0.1) is 0 Å². The van der Waals surface area contributed by atoms with Crippen molar-refractivity contribution in [3.05, 3.63) is 53.9 Å². The molecule has 1 aromatic heterocycles. The maximum absolute atomic E-state index is 12.6. The SMILES string of the molecule is CCOC(=O)N1CCN(C(=O)c2cnc(NCc3ccccc3)nc2)CC1. The molecule has 8 nitrogen and oxygen atoms in total. The Balaban J connectivity index is 1.51. The summed E-state index contributed by atoms with van der Waals surface area (Å²) in [5.41, 5.74) is 1.56. The summed E-state index contributed by atoms with van der Waals surface area (Å²) in [5.74, 6) is 0.343. The molecule has 1 aliphatic heterocycles. The third kappa shape index (κ3) is 4.93. The number of carbonyl (C=O) groups excluding carboxylic acids is 2. The molecule has 1 N–H and O–H groups in total. The minimum Gasteiger partial charge on any atom is -0.450 e. The van der Waals surface area contributed by atoms with E-state index < -0.39 is 0 Å². The minimum atomic E-state index is -0.332. The molecule has 0 atom stereocenters. The number of hydrogen-bond donors (Lipinski definition) is 1. The molecule has 1 aromatic carbocycles. The summed E-state index contributed by atoms with van der Waals surface area (Å²) in [7, 11) is 0. The first-order valence-corrected chi connectivity index (χ1v) is 8.98. The maximum atomic E-state index is 12.6. The summed E-state index contributed by atoms with van der Waals surface area (Å²) in [6, 6.07) is 9.94. The van der Waals surface area contributed by atoms with Crippen molar-refractivity contribution in [1.82, 2.24) is 19.8 Å². The van der Waals surface area contributed by atoms with Gasteiger partial charge >= 0.3 is 6.09 Å². The number of carbonyl (C=O) groups is 2. The maximum Gasteiger partial charge on any atom is 0.409 e. The molecule has 0 unspecified atom stereocenters. The highest BCUT2D eigenvalue weighted by molar-refractivity contribution is 5.93. The Bertz CT molecular complexity index is 759. The van der Waals surface area contributed by atoms with Crippen molar-refractivity contribution in [2.24, 2.45) is 0 Å². The van der Waals surface area contributed by atoms with Gasteiger partial charge in [-0.05, 0) is 12.5 Å². The van der Waals surface area contributed by atoms with Crippen LogP contribution in [0.5, 0.6) is 0 Å². The highest BCUT2D eigenvalue weighted by Crippen LogP contribution is 2.10. The molecule has 1 saturated heterocycles. The van der Waals surface area contributed by atoms with E-state index in [0.29, 0.717) is 50.8 Å². The third-order valence-corrected chi connectivity index (χ3v) is 4.29. The fraction of sp³-hybridized carbons (Fsp3) is 0.368. The number of nitrogens with one attached hydrogen (secondary N) is 1. The quantitative estimate of drug-likeness (QED) is 0.867. The van der Waals surface area contributed by atoms with Gasteiger partial charge in [-0.25, -0.2) is 14.8 Å². The van der Waals surface area contributed by atoms with Crippen LogP contribution >= 0.6 is 0 Å². The van der Waals surface area contributed by atoms with Gasteiger partial charge in [0.2, 0.25) is 5.95 Å². The normalized spacial score (nSPS) is 14.0. The molecule has 8 heteroatoms. The van der Waals surface area contributed by atoms with Crippen molar-refractivity contribution >= 4 is 17.9 Å². The van der Waals surface area contributed by atoms with E-state index in [4.69, 9.17) is 4.74 Å². The van der Waals surface area contributed by atoms with Crippen LogP contribution in [0.4, 0.5) is 10.7 Å². The van der Waals surface area contributed by atoms with Gasteiger partial charge in [0.25, 0.3) is 5.91 Å². The molecule has 2 amide bonds. The number of hydrogen-bond acceptors (Lipinski definition) is 6. The minimum absolute atomic E-state index is 0.131. The van der Waals surface area contributed by atoms with Gasteiger partial charge in [-0.1, -0.05) is 30.3 Å². The summed E-state index contributed by atoms with van der Waals surface area (Å²) in [6.45, 7) is 4.58. The van der Waals surface area contributed by atoms with Crippen LogP contribution in [-0.2, 0) is 11.3 Å². The van der Waals surface area contributed by atoms with Crippen LogP contribution in [-0.4, -0.2) is 64.6 Å². The molecule has 27 heavy (non-hydrogen) atoms. The Hall–Kier alpha value is -3.16. The van der Waals surface area contributed by atoms with Gasteiger partial charge < -0.3 is 19.9 Å². The lowest BCUT2D eigenvalue weighted by atomic mass is 10.2. The zero-order valence-electron chi connectivity index (χ0n) is 15.3. The van der Waals surface area contributed by atoms with Crippen LogP contribution in [0.25, 0.3) is 0 Å². The number of anilines is 1. The van der Waals surface area contributed by atoms with Gasteiger partial charge in [0.05, 0.1) is 12.2 Å². The lowest BCUT2D eigenvalue weighted by Crippen LogP contribution is -2.50. The smallest absolute Gasteiger partial charge is 0.409 e. The van der Waals surface area contributed by atoms with E-state index in [1.807, 2.05) is 30.3 Å². The average Bonchev–Trinajstić information content (AvgIpc) is 2.73. The molecule has 1 aliphatic rings. The highest BCUT2D eigenvalue weighted by atomic mass is 16.6. The third-order valence-electron chi connectivity index (χ3n) is 4.29. The number of amides is 2. The second kappa shape index (κ2) is 8.98. The summed E-state index contributed by atoms with van der Waals surface area (Å²) in [5, 5.41) is 3.13. The Labute approximate surface area is 158 Å². The summed E-state index contributed by atoms with van der Waals surface area (Å²) < 4.78 is 4.99. The predicted octanol–water partition coefficient (Wildman–Crippen LogP) is 2.00. The van der Waals surface area contributed by atoms with Crippen molar-refractivity contribution in [3.63, 3.8) is 0 Å². The molecule has 2 aromatic rings. The molecule has 0 aliphatic carbocycles. The zero-order chi connectivity index (χ0) is 19.1. The Morgan fingerprint density at radius 3 is 2.30 bits per heavy atom. The fourth-order valence-corrected chi connectivity index (χ4v) is 2.80. The van der Waals surface area contributed by atoms with E-state index in [-0.39, 0.29) is 12.0 Å². The number of piperazine rings is 1. The second-order valence-corrected chi connectivity index (χ2v) is 6.11. The summed E-state index contributed by atoms with van der Waals surface area (Å²) in [4.78, 5) is 36.1. The lowest BCUT2D eigenvalue weighted by molar-refractivity contribution is 0.0570. The Morgan fingerprint density at radius 2 is 1.67 bits per heavy atom. The van der Waals surface area contributed by atoms with Crippen LogP contribution in [0.2, 0.25) is 0 Å². The fourth-order valence-electron chi connectivity index (χ4n) is 2.80. The van der Waals surface area contributed by atoms with Gasteiger partial charge in [0.15, 0.2) is 0 Å². The van der Waals surface area contributed by atoms with E-state index in [1.165, 1.54) is 12.4 Å². The first-order chi connectivity index (χ1) is 13.2. The highest BCUT2D eigenvalue weighted by Gasteiger charge is 2.25. The van der Waals surface area contributed by atoms with E-state index in [2.05, 4.69) is 15.3 Å². The average molecular weight is 369 g/mol. The molecule has 142 valence electrons. The number of benzene rings is 1. The molecule has 2 heterocycles. The summed E-state index contributed by atoms with van der Waals surface area (Å²) in [6.07, 6.45) is 2.72. The van der Waals surface area contributed by atoms with Crippen LogP contribution < -0.4 is 5.32 Å². The molecule has 0 spiro atoms. The first kappa shape index (κ1) is 18.6. The van der Waals surface area contributed by atoms with Gasteiger partial charge in [0.1, 0.15) is 0 Å². The van der Waals surface area contributed by atoms with E-state index in [0.717, 1.165) is 5.56 Å². The first-order valence-electron chi connectivity index (χ1n) is 8.98. The van der Waals surface area contributed by atoms with Gasteiger partial charge in [0, 0.05) is 45.1 Å². The molecule has 3 rings (SSSR count). The largest absolute Gasteiger partial charge is 0.450 e. The Kier molecular flexibility index (Phi) is 6.19. The van der Waals surface area contributed by atoms with Crippen molar-refractivity contribution in [2.45, 2.75) is 13.5 Å². The number of rotatable bonds is 5. The zero-order valence-corrected chi connectivity index (χ0v) is 15.3. The van der Waals surface area contributed by atoms with Crippen LogP contribution in [0.3, 0.4) is 0 Å². The second-order valence-electron chi connectivity index (χ2n) is 6.11. The Morgan fingerprint density at radius 1 is 1.04 bits per heavy atom. The standard InChI is InChI=1S/C19H23N5O3/c1-2-27-19(26)24-10-8-23(9-11-24)17(25)16-13-21-18(22-14-16)20-12-15-6-4-3-5-7-15/h3-7,13-14H,2,8-12H2,1H3,(H,20,21,22). The molecular formula is C19H23N5O3. The summed E-state index contributed by atoms with van der Waals surface area (Å²) >= 11 is 0. The van der Waals surface area contributed by atoms with E-state index in [9.17, 15) is 9.59 Å². The van der Waals surface area contributed by atoms with E-state index in [1.54, 1.807) is 16.7 Å². The number of nitrogens with zero attached hydrogens (tertiary/aromatic N) is 4. The molecule has 0 radical (unpaired) electrons. The monoisotopic (exact) mass is 369 g/mol. The molecule has 1 fully saturated rings. The topological polar surface area (TPSA) is 87.7 Å². The van der Waals surface area contributed by atoms with Crippen LogP contribution in [0.1, 0.15) is 22.8 Å². The predicted molar refractivity (Wildman–Crippen MR) is 100 cm³/mol. The van der Waals surface area contributed by atoms with Crippen LogP contribution in [0.15, 0.2) is 42.7 Å². The lowest BCUT2D eigenvalue weighted by Gasteiger charge is -2.33. The van der Waals surface area contributed by atoms with Gasteiger partial charge in [-0.2, -0.15) is 0 Å². The molecule has 0 bridgehead atoms. The molecule has 0 saturated carbocycles.